The van der Waals surface area contributed by atoms with Gasteiger partial charge in [-0.25, -0.2) is 4.39 Å². The Balaban J connectivity index is 1.44. The maximum Gasteiger partial charge on any atom is 0.573 e. The van der Waals surface area contributed by atoms with E-state index in [0.717, 1.165) is 17.8 Å². The number of hydrogen-bond acceptors (Lipinski definition) is 6. The average molecular weight is 500 g/mol. The molecule has 3 N–H and O–H groups in total. The summed E-state index contributed by atoms with van der Waals surface area (Å²) < 4.78 is 60.6. The predicted octanol–water partition coefficient (Wildman–Crippen LogP) is 4.72. The predicted molar refractivity (Wildman–Crippen MR) is 119 cm³/mol. The molecule has 2 aromatic carbocycles. The number of nitrogens with one attached hydrogen (secondary N) is 1. The van der Waals surface area contributed by atoms with Crippen LogP contribution in [0.25, 0.3) is 0 Å². The van der Waals surface area contributed by atoms with E-state index in [1.165, 1.54) is 18.2 Å². The van der Waals surface area contributed by atoms with Gasteiger partial charge in [-0.2, -0.15) is 0 Å². The number of allylic oxidation sites excluding steroid dienone is 1. The van der Waals surface area contributed by atoms with Crippen molar-refractivity contribution in [3.05, 3.63) is 65.1 Å². The molecule has 3 atom stereocenters. The van der Waals surface area contributed by atoms with Crippen LogP contribution in [-0.4, -0.2) is 49.4 Å². The Morgan fingerprint density at radius 1 is 1.18 bits per heavy atom. The number of anilines is 2. The minimum Gasteiger partial charge on any atom is -0.404 e. The Labute approximate surface area is 198 Å². The van der Waals surface area contributed by atoms with Crippen LogP contribution in [0.15, 0.2) is 48.7 Å². The van der Waals surface area contributed by atoms with Crippen molar-refractivity contribution in [2.24, 2.45) is 11.8 Å². The van der Waals surface area contributed by atoms with Gasteiger partial charge in [-0.1, -0.05) is 11.6 Å². The maximum atomic E-state index is 13.2. The highest BCUT2D eigenvalue weighted by atomic mass is 35.5. The highest BCUT2D eigenvalue weighted by Gasteiger charge is 2.39. The molecule has 0 aromatic heterocycles. The molecule has 2 saturated heterocycles. The number of alkyl halides is 3. The molecule has 0 radical (unpaired) electrons. The summed E-state index contributed by atoms with van der Waals surface area (Å²) in [7, 11) is 0. The molecule has 182 valence electrons. The highest BCUT2D eigenvalue weighted by molar-refractivity contribution is 6.32. The number of fused-ring (bicyclic) bond motifs is 2. The van der Waals surface area contributed by atoms with Crippen LogP contribution < -0.4 is 15.8 Å². The minimum atomic E-state index is -4.96. The molecule has 0 spiro atoms. The Bertz CT molecular complexity index is 1060. The van der Waals surface area contributed by atoms with Crippen LogP contribution in [0.1, 0.15) is 10.4 Å². The Morgan fingerprint density at radius 3 is 2.44 bits per heavy atom. The van der Waals surface area contributed by atoms with Crippen LogP contribution in [0.3, 0.4) is 0 Å². The fourth-order valence-electron chi connectivity index (χ4n) is 4.32. The number of piperidine rings is 1. The van der Waals surface area contributed by atoms with Crippen molar-refractivity contribution in [1.29, 1.82) is 0 Å². The zero-order valence-electron chi connectivity index (χ0n) is 17.8. The van der Waals surface area contributed by atoms with Gasteiger partial charge in [0.2, 0.25) is 0 Å². The molecule has 1 unspecified atom stereocenters. The molecule has 4 rings (SSSR count). The van der Waals surface area contributed by atoms with Crippen LogP contribution in [0.5, 0.6) is 5.75 Å². The number of nitrogens with zero attached hydrogens (tertiary/aromatic N) is 1. The molecular formula is C23H22ClF4N3O3. The van der Waals surface area contributed by atoms with E-state index in [1.54, 1.807) is 18.3 Å². The molecule has 11 heteroatoms. The van der Waals surface area contributed by atoms with Crippen LogP contribution in [0.2, 0.25) is 5.02 Å². The molecule has 2 aliphatic rings. The summed E-state index contributed by atoms with van der Waals surface area (Å²) in [4.78, 5) is 14.6. The molecule has 0 amide bonds. The number of nitrogens with two attached hydrogens (primary N) is 1. The van der Waals surface area contributed by atoms with Crippen molar-refractivity contribution in [3.63, 3.8) is 0 Å². The summed E-state index contributed by atoms with van der Waals surface area (Å²) in [5.41, 5.74) is 6.42. The number of nitrogen functional groups attached to an aromatic ring is 1. The molecule has 6 nitrogen and oxygen atoms in total. The van der Waals surface area contributed by atoms with Gasteiger partial charge in [0, 0.05) is 60.2 Å². The number of carbonyl (C=O) groups excluding carboxylic acids is 1. The van der Waals surface area contributed by atoms with Gasteiger partial charge in [-0.3, -0.25) is 4.79 Å². The fraction of sp³-hybridized carbons (Fsp3) is 0.348. The highest BCUT2D eigenvalue weighted by Crippen LogP contribution is 2.34. The van der Waals surface area contributed by atoms with E-state index in [-0.39, 0.29) is 40.0 Å². The Kier molecular flexibility index (Phi) is 6.90. The van der Waals surface area contributed by atoms with E-state index >= 15 is 0 Å². The number of hydrogen-bond donors (Lipinski definition) is 2. The molecule has 2 fully saturated rings. The van der Waals surface area contributed by atoms with Gasteiger partial charge < -0.3 is 25.4 Å². The van der Waals surface area contributed by atoms with Crippen molar-refractivity contribution < 1.29 is 31.8 Å². The number of benzene rings is 2. The number of rotatable bonds is 6. The average Bonchev–Trinajstić information content (AvgIpc) is 2.75. The molecule has 0 saturated carbocycles. The van der Waals surface area contributed by atoms with Gasteiger partial charge in [0.25, 0.3) is 0 Å². The first-order valence-electron chi connectivity index (χ1n) is 10.5. The van der Waals surface area contributed by atoms with Crippen molar-refractivity contribution in [1.82, 2.24) is 4.90 Å². The first-order chi connectivity index (χ1) is 16.1. The molecule has 2 bridgehead atoms. The third-order valence-electron chi connectivity index (χ3n) is 5.83. The molecule has 2 aromatic rings. The normalized spacial score (nSPS) is 22.6. The van der Waals surface area contributed by atoms with Crippen LogP contribution >= 0.6 is 11.6 Å². The topological polar surface area (TPSA) is 76.8 Å². The second-order valence-corrected chi connectivity index (χ2v) is 8.69. The van der Waals surface area contributed by atoms with E-state index in [0.29, 0.717) is 26.3 Å². The van der Waals surface area contributed by atoms with E-state index < -0.39 is 17.9 Å². The van der Waals surface area contributed by atoms with Crippen molar-refractivity contribution in [2.45, 2.75) is 12.4 Å². The molecule has 2 aliphatic heterocycles. The zero-order chi connectivity index (χ0) is 24.5. The lowest BCUT2D eigenvalue weighted by atomic mass is 9.82. The van der Waals surface area contributed by atoms with Gasteiger partial charge in [0.1, 0.15) is 11.6 Å². The zero-order valence-corrected chi connectivity index (χ0v) is 18.6. The Hall–Kier alpha value is -2.98. The largest absolute Gasteiger partial charge is 0.573 e. The second-order valence-electron chi connectivity index (χ2n) is 8.29. The summed E-state index contributed by atoms with van der Waals surface area (Å²) in [6.07, 6.45) is -2.08. The molecule has 0 aliphatic carbocycles. The summed E-state index contributed by atoms with van der Waals surface area (Å²) in [6, 6.07) is 8.22. The van der Waals surface area contributed by atoms with Gasteiger partial charge in [-0.05, 0) is 36.4 Å². The van der Waals surface area contributed by atoms with Crippen molar-refractivity contribution in [2.75, 3.05) is 37.4 Å². The van der Waals surface area contributed by atoms with E-state index in [2.05, 4.69) is 10.1 Å². The SMILES string of the molecule is Nc1cc(Cl)c(OC(F)(F)F)cc1C(=O)/C=C/N1C[C@H]2COC[C@@H](C1)C2Nc1ccc(F)cc1. The van der Waals surface area contributed by atoms with E-state index in [9.17, 15) is 22.4 Å². The van der Waals surface area contributed by atoms with Crippen molar-refractivity contribution in [3.8, 4) is 5.75 Å². The van der Waals surface area contributed by atoms with Gasteiger partial charge in [0.15, 0.2) is 5.78 Å². The minimum absolute atomic E-state index is 0.0540. The summed E-state index contributed by atoms with van der Waals surface area (Å²) in [5.74, 6) is -1.35. The van der Waals surface area contributed by atoms with Gasteiger partial charge in [0.05, 0.1) is 18.2 Å². The van der Waals surface area contributed by atoms with Crippen LogP contribution in [0.4, 0.5) is 28.9 Å². The summed E-state index contributed by atoms with van der Waals surface area (Å²) in [6.45, 7) is 2.24. The standard InChI is InChI=1S/C23H22ClF4N3O3/c24-18-8-19(29)17(7-21(18)34-23(26,27)28)20(32)5-6-31-9-13-11-33-12-14(10-31)22(13)30-16-3-1-15(25)2-4-16/h1-8,13-14,22,30H,9-12,29H2/b6-5+/t13-,14+,22?. The molecule has 34 heavy (non-hydrogen) atoms. The fourth-order valence-corrected chi connectivity index (χ4v) is 4.53. The molecular weight excluding hydrogens is 478 g/mol. The molecule has 2 heterocycles. The summed E-state index contributed by atoms with van der Waals surface area (Å²) in [5, 5.41) is 3.11. The maximum absolute atomic E-state index is 13.2. The number of halogens is 5. The number of ether oxygens (including phenoxy) is 2. The van der Waals surface area contributed by atoms with Gasteiger partial charge in [-0.15, -0.1) is 13.2 Å². The summed E-state index contributed by atoms with van der Waals surface area (Å²) >= 11 is 5.77. The Morgan fingerprint density at radius 2 is 1.82 bits per heavy atom. The quantitative estimate of drug-likeness (QED) is 0.259. The lowest BCUT2D eigenvalue weighted by Gasteiger charge is -2.47. The lowest BCUT2D eigenvalue weighted by Crippen LogP contribution is -2.56. The van der Waals surface area contributed by atoms with Crippen LogP contribution in [-0.2, 0) is 4.74 Å². The number of likely N-dealkylation sites (tertiary alicyclic amines) is 1. The smallest absolute Gasteiger partial charge is 0.404 e. The third-order valence-corrected chi connectivity index (χ3v) is 6.12. The lowest BCUT2D eigenvalue weighted by molar-refractivity contribution is -0.274. The first kappa shape index (κ1) is 24.2. The van der Waals surface area contributed by atoms with Crippen LogP contribution in [0, 0.1) is 17.7 Å². The van der Waals surface area contributed by atoms with Gasteiger partial charge >= 0.3 is 6.36 Å². The monoisotopic (exact) mass is 499 g/mol. The van der Waals surface area contributed by atoms with E-state index in [1.807, 2.05) is 4.90 Å². The van der Waals surface area contributed by atoms with E-state index in [4.69, 9.17) is 22.1 Å². The van der Waals surface area contributed by atoms with Crippen molar-refractivity contribution >= 4 is 28.8 Å². The first-order valence-corrected chi connectivity index (χ1v) is 10.9. The second kappa shape index (κ2) is 9.71. The third kappa shape index (κ3) is 5.74. The number of carbonyl (C=O) groups is 1. The number of ketones is 1.